The Morgan fingerprint density at radius 1 is 0.636 bits per heavy atom. The minimum absolute atomic E-state index is 0.236. The molecular formula is C18H28F2O2. The van der Waals surface area contributed by atoms with Gasteiger partial charge >= 0.3 is 0 Å². The highest BCUT2D eigenvalue weighted by molar-refractivity contribution is 5.51. The number of hydrogen-bond acceptors (Lipinski definition) is 2. The first kappa shape index (κ1) is 18.7. The fraction of sp³-hybridized carbons (Fsp3) is 0.667. The van der Waals surface area contributed by atoms with E-state index in [1.165, 1.54) is 0 Å². The van der Waals surface area contributed by atoms with Gasteiger partial charge < -0.3 is 10.2 Å². The lowest BCUT2D eigenvalue weighted by atomic mass is 9.94. The summed E-state index contributed by atoms with van der Waals surface area (Å²) in [5.74, 6) is -3.78. The zero-order valence-corrected chi connectivity index (χ0v) is 13.7. The number of phenolic OH excluding ortho intramolecular Hbond substituents is 2. The molecule has 1 aromatic rings. The number of unbranched alkanes of at least 4 members (excludes halogenated alkanes) is 6. The Balaban J connectivity index is 2.93. The van der Waals surface area contributed by atoms with E-state index in [2.05, 4.69) is 13.8 Å². The van der Waals surface area contributed by atoms with Crippen molar-refractivity contribution < 1.29 is 19.0 Å². The van der Waals surface area contributed by atoms with Crippen molar-refractivity contribution in [1.29, 1.82) is 0 Å². The van der Waals surface area contributed by atoms with Gasteiger partial charge in [0.05, 0.1) is 0 Å². The van der Waals surface area contributed by atoms with E-state index in [0.29, 0.717) is 18.4 Å². The van der Waals surface area contributed by atoms with Gasteiger partial charge in [0, 0.05) is 5.56 Å². The second-order valence-electron chi connectivity index (χ2n) is 5.90. The Labute approximate surface area is 132 Å². The summed E-state index contributed by atoms with van der Waals surface area (Å²) in [6.07, 6.45) is 8.64. The van der Waals surface area contributed by atoms with Gasteiger partial charge in [-0.3, -0.25) is 0 Å². The van der Waals surface area contributed by atoms with E-state index in [0.717, 1.165) is 51.4 Å². The van der Waals surface area contributed by atoms with Gasteiger partial charge in [0.2, 0.25) is 5.82 Å². The Morgan fingerprint density at radius 3 is 1.64 bits per heavy atom. The van der Waals surface area contributed by atoms with Gasteiger partial charge in [0.15, 0.2) is 17.3 Å². The van der Waals surface area contributed by atoms with Crippen LogP contribution in [0.5, 0.6) is 11.5 Å². The highest BCUT2D eigenvalue weighted by Gasteiger charge is 2.23. The summed E-state index contributed by atoms with van der Waals surface area (Å²) >= 11 is 0. The number of phenols is 2. The Morgan fingerprint density at radius 2 is 1.14 bits per heavy atom. The molecule has 0 atom stereocenters. The molecule has 0 bridgehead atoms. The molecule has 0 spiro atoms. The summed E-state index contributed by atoms with van der Waals surface area (Å²) in [4.78, 5) is 0. The Kier molecular flexibility index (Phi) is 8.21. The third kappa shape index (κ3) is 4.85. The van der Waals surface area contributed by atoms with Crippen molar-refractivity contribution in [3.8, 4) is 11.5 Å². The van der Waals surface area contributed by atoms with E-state index in [9.17, 15) is 19.0 Å². The first-order valence-corrected chi connectivity index (χ1v) is 8.45. The van der Waals surface area contributed by atoms with Crippen LogP contribution in [-0.2, 0) is 12.8 Å². The maximum atomic E-state index is 14.1. The lowest BCUT2D eigenvalue weighted by Gasteiger charge is -2.15. The highest BCUT2D eigenvalue weighted by Crippen LogP contribution is 2.38. The molecule has 0 unspecified atom stereocenters. The summed E-state index contributed by atoms with van der Waals surface area (Å²) in [6, 6.07) is 0. The summed E-state index contributed by atoms with van der Waals surface area (Å²) in [5.41, 5.74) is 0.615. The predicted octanol–water partition coefficient (Wildman–Crippen LogP) is 5.62. The standard InChI is InChI=1S/C18H28F2O2/c1-3-5-7-9-11-13-14(12-10-8-6-4-2)17(21)18(22)16(20)15(13)19/h21-22H,3-12H2,1-2H3. The van der Waals surface area contributed by atoms with Crippen LogP contribution in [0.2, 0.25) is 0 Å². The van der Waals surface area contributed by atoms with Crippen LogP contribution in [0.3, 0.4) is 0 Å². The number of hydrogen-bond donors (Lipinski definition) is 2. The lowest BCUT2D eigenvalue weighted by molar-refractivity contribution is 0.356. The van der Waals surface area contributed by atoms with Crippen LogP contribution in [0.15, 0.2) is 0 Å². The summed E-state index contributed by atoms with van der Waals surface area (Å²) in [6.45, 7) is 4.19. The molecule has 0 fully saturated rings. The number of aromatic hydroxyl groups is 2. The van der Waals surface area contributed by atoms with Crippen LogP contribution >= 0.6 is 0 Å². The number of halogens is 2. The van der Waals surface area contributed by atoms with Gasteiger partial charge in [-0.1, -0.05) is 52.4 Å². The van der Waals surface area contributed by atoms with E-state index in [4.69, 9.17) is 0 Å². The van der Waals surface area contributed by atoms with Gasteiger partial charge in [-0.15, -0.1) is 0 Å². The molecule has 0 aromatic heterocycles. The highest BCUT2D eigenvalue weighted by atomic mass is 19.2. The van der Waals surface area contributed by atoms with Gasteiger partial charge in [-0.25, -0.2) is 4.39 Å². The van der Waals surface area contributed by atoms with Crippen molar-refractivity contribution >= 4 is 0 Å². The third-order valence-electron chi connectivity index (χ3n) is 4.10. The average molecular weight is 314 g/mol. The molecule has 0 amide bonds. The molecule has 0 saturated carbocycles. The minimum Gasteiger partial charge on any atom is -0.504 e. The SMILES string of the molecule is CCCCCCc1c(O)c(O)c(F)c(F)c1CCCCCC. The molecule has 0 aliphatic carbocycles. The second-order valence-corrected chi connectivity index (χ2v) is 5.90. The zero-order valence-electron chi connectivity index (χ0n) is 13.7. The molecule has 4 heteroatoms. The fourth-order valence-electron chi connectivity index (χ4n) is 2.75. The zero-order chi connectivity index (χ0) is 16.5. The van der Waals surface area contributed by atoms with E-state index in [1.807, 2.05) is 0 Å². The van der Waals surface area contributed by atoms with Crippen LogP contribution < -0.4 is 0 Å². The third-order valence-corrected chi connectivity index (χ3v) is 4.10. The predicted molar refractivity (Wildman–Crippen MR) is 85.4 cm³/mol. The van der Waals surface area contributed by atoms with Crippen molar-refractivity contribution in [2.45, 2.75) is 78.1 Å². The molecule has 126 valence electrons. The molecule has 0 aliphatic rings. The summed E-state index contributed by atoms with van der Waals surface area (Å²) < 4.78 is 27.8. The topological polar surface area (TPSA) is 40.5 Å². The first-order chi connectivity index (χ1) is 10.5. The molecule has 22 heavy (non-hydrogen) atoms. The van der Waals surface area contributed by atoms with Gasteiger partial charge in [-0.05, 0) is 31.2 Å². The molecular weight excluding hydrogens is 286 g/mol. The quantitative estimate of drug-likeness (QED) is 0.434. The fourth-order valence-corrected chi connectivity index (χ4v) is 2.75. The van der Waals surface area contributed by atoms with Crippen molar-refractivity contribution in [3.05, 3.63) is 22.8 Å². The molecule has 1 aromatic carbocycles. The van der Waals surface area contributed by atoms with Gasteiger partial charge in [0.1, 0.15) is 0 Å². The maximum Gasteiger partial charge on any atom is 0.204 e. The Bertz CT molecular complexity index is 430. The van der Waals surface area contributed by atoms with Gasteiger partial charge in [0.25, 0.3) is 0 Å². The molecule has 0 saturated heterocycles. The normalized spacial score (nSPS) is 11.1. The van der Waals surface area contributed by atoms with E-state index in [1.54, 1.807) is 0 Å². The van der Waals surface area contributed by atoms with Crippen molar-refractivity contribution in [2.75, 3.05) is 0 Å². The number of rotatable bonds is 10. The molecule has 2 nitrogen and oxygen atoms in total. The van der Waals surface area contributed by atoms with Crippen molar-refractivity contribution in [3.63, 3.8) is 0 Å². The lowest BCUT2D eigenvalue weighted by Crippen LogP contribution is -2.03. The molecule has 1 rings (SSSR count). The molecule has 0 aliphatic heterocycles. The van der Waals surface area contributed by atoms with E-state index >= 15 is 0 Å². The Hall–Kier alpha value is -1.32. The van der Waals surface area contributed by atoms with E-state index in [-0.39, 0.29) is 5.56 Å². The maximum absolute atomic E-state index is 14.1. The first-order valence-electron chi connectivity index (χ1n) is 8.45. The molecule has 2 N–H and O–H groups in total. The second kappa shape index (κ2) is 9.65. The van der Waals surface area contributed by atoms with Crippen LogP contribution in [0.25, 0.3) is 0 Å². The van der Waals surface area contributed by atoms with Crippen LogP contribution in [-0.4, -0.2) is 10.2 Å². The van der Waals surface area contributed by atoms with E-state index < -0.39 is 23.1 Å². The van der Waals surface area contributed by atoms with Crippen molar-refractivity contribution in [2.24, 2.45) is 0 Å². The monoisotopic (exact) mass is 314 g/mol. The largest absolute Gasteiger partial charge is 0.504 e. The van der Waals surface area contributed by atoms with Crippen LogP contribution in [0.1, 0.15) is 76.3 Å². The average Bonchev–Trinajstić information content (AvgIpc) is 2.52. The smallest absolute Gasteiger partial charge is 0.204 e. The van der Waals surface area contributed by atoms with Crippen LogP contribution in [0.4, 0.5) is 8.78 Å². The summed E-state index contributed by atoms with van der Waals surface area (Å²) in [5, 5.41) is 19.5. The number of benzene rings is 1. The van der Waals surface area contributed by atoms with Gasteiger partial charge in [-0.2, -0.15) is 4.39 Å². The molecule has 0 radical (unpaired) electrons. The van der Waals surface area contributed by atoms with Crippen molar-refractivity contribution in [1.82, 2.24) is 0 Å². The van der Waals surface area contributed by atoms with Crippen LogP contribution in [0, 0.1) is 11.6 Å². The minimum atomic E-state index is -1.33. The summed E-state index contributed by atoms with van der Waals surface area (Å²) in [7, 11) is 0. The molecule has 0 heterocycles.